The van der Waals surface area contributed by atoms with Crippen molar-refractivity contribution in [2.24, 2.45) is 0 Å². The van der Waals surface area contributed by atoms with Crippen LogP contribution in [0, 0.1) is 0 Å². The third-order valence-corrected chi connectivity index (χ3v) is 0. The minimum absolute atomic E-state index is 0. The molecule has 0 aliphatic rings. The standard InChI is InChI=1S/Co.2Li.Mn.Ni.4O/q+2;2*+1;2*+2;4*-2. The van der Waals surface area contributed by atoms with E-state index in [4.69, 9.17) is 0 Å². The van der Waals surface area contributed by atoms with E-state index in [1.807, 2.05) is 0 Å². The van der Waals surface area contributed by atoms with Crippen LogP contribution in [0.25, 0.3) is 0 Å². The number of rotatable bonds is 0. The van der Waals surface area contributed by atoms with Crippen molar-refractivity contribution in [3.05, 3.63) is 0 Å². The Labute approximate surface area is 109 Å². The average molecular weight is 250 g/mol. The molecule has 0 spiro atoms. The van der Waals surface area contributed by atoms with Crippen molar-refractivity contribution in [1.29, 1.82) is 0 Å². The zero-order chi connectivity index (χ0) is 0. The van der Waals surface area contributed by atoms with Crippen LogP contribution < -0.4 is 37.7 Å². The normalized spacial score (nSPS) is 0. The van der Waals surface area contributed by atoms with Crippen molar-refractivity contribution in [2.45, 2.75) is 0 Å². The van der Waals surface area contributed by atoms with Gasteiger partial charge in [-0.1, -0.05) is 0 Å². The molecule has 0 fully saturated rings. The average Bonchev–Trinajstić information content (AvgIpc) is 0. The van der Waals surface area contributed by atoms with Gasteiger partial charge in [0.2, 0.25) is 0 Å². The maximum atomic E-state index is 0. The molecule has 0 atom stereocenters. The van der Waals surface area contributed by atoms with Crippen molar-refractivity contribution >= 4 is 0 Å². The van der Waals surface area contributed by atoms with Gasteiger partial charge >= 0.3 is 88.1 Å². The summed E-state index contributed by atoms with van der Waals surface area (Å²) in [6, 6.07) is 0. The molecule has 9 heavy (non-hydrogen) atoms. The third kappa shape index (κ3) is 118. The molecule has 0 aliphatic heterocycles. The molecule has 0 aliphatic carbocycles. The molecule has 0 heterocycles. The molecule has 0 unspecified atom stereocenters. The van der Waals surface area contributed by atoms with E-state index in [2.05, 4.69) is 0 Å². The smallest absolute Gasteiger partial charge is 2.00 e. The van der Waals surface area contributed by atoms with Crippen LogP contribution >= 0.6 is 0 Å². The summed E-state index contributed by atoms with van der Waals surface area (Å²) >= 11 is 0. The van der Waals surface area contributed by atoms with Crippen LogP contribution in [0.2, 0.25) is 0 Å². The van der Waals surface area contributed by atoms with Crippen LogP contribution in [0.3, 0.4) is 0 Å². The number of hydrogen-bond donors (Lipinski definition) is 0. The molecule has 0 bridgehead atoms. The molecule has 4 nitrogen and oxygen atoms in total. The Morgan fingerprint density at radius 3 is 0.556 bits per heavy atom. The molecule has 52 valence electrons. The van der Waals surface area contributed by atoms with Crippen molar-refractivity contribution in [3.63, 3.8) is 0 Å². The second-order valence-electron chi connectivity index (χ2n) is 0. The quantitative estimate of drug-likeness (QED) is 0.381. The zero-order valence-corrected chi connectivity index (χ0v) is 7.87. The van der Waals surface area contributed by atoms with Crippen LogP contribution in [0.15, 0.2) is 0 Å². The van der Waals surface area contributed by atoms with Gasteiger partial charge in [-0.05, 0) is 0 Å². The van der Waals surface area contributed by atoms with Crippen LogP contribution in [0.1, 0.15) is 0 Å². The van der Waals surface area contributed by atoms with Gasteiger partial charge in [0, 0.05) is 0 Å². The molecule has 0 saturated carbocycles. The van der Waals surface area contributed by atoms with E-state index in [1.165, 1.54) is 0 Å². The Kier molecular flexibility index (Phi) is 3240. The predicted octanol–water partition coefficient (Wildman–Crippen LogP) is -6.47. The summed E-state index contributed by atoms with van der Waals surface area (Å²) in [7, 11) is 0. The molecule has 9 heteroatoms. The van der Waals surface area contributed by atoms with Crippen molar-refractivity contribution in [3.8, 4) is 0 Å². The summed E-state index contributed by atoms with van der Waals surface area (Å²) < 4.78 is 0. The van der Waals surface area contributed by atoms with Crippen LogP contribution in [0.5, 0.6) is 0 Å². The van der Waals surface area contributed by atoms with E-state index in [0.29, 0.717) is 0 Å². The maximum absolute atomic E-state index is 0. The van der Waals surface area contributed by atoms with Crippen LogP contribution in [-0.4, -0.2) is 0 Å². The van der Waals surface area contributed by atoms with E-state index in [-0.39, 0.29) is 110 Å². The Morgan fingerprint density at radius 2 is 0.556 bits per heavy atom. The minimum atomic E-state index is 0. The Morgan fingerprint density at radius 1 is 0.556 bits per heavy atom. The monoisotopic (exact) mass is 250 g/mol. The topological polar surface area (TPSA) is 114 Å². The van der Waals surface area contributed by atoms with Gasteiger partial charge in [0.25, 0.3) is 0 Å². The van der Waals surface area contributed by atoms with Crippen LogP contribution in [-0.2, 0) is 72.2 Å². The van der Waals surface area contributed by atoms with Gasteiger partial charge in [-0.15, -0.1) is 0 Å². The first-order valence-electron chi connectivity index (χ1n) is 0. The van der Waals surface area contributed by atoms with Gasteiger partial charge in [-0.2, -0.15) is 0 Å². The number of hydrogen-bond acceptors (Lipinski definition) is 0. The molecular weight excluding hydrogens is 250 g/mol. The van der Waals surface area contributed by atoms with Gasteiger partial charge < -0.3 is 21.9 Å². The Bertz CT molecular complexity index is 18.5. The Hall–Kier alpha value is 2.55. The van der Waals surface area contributed by atoms with Gasteiger partial charge in [-0.3, -0.25) is 0 Å². The molecule has 0 aromatic carbocycles. The predicted molar refractivity (Wildman–Crippen MR) is 2.75 cm³/mol. The molecule has 0 aromatic rings. The molecule has 2 radical (unpaired) electrons. The van der Waals surface area contributed by atoms with Gasteiger partial charge in [0.05, 0.1) is 0 Å². The van der Waals surface area contributed by atoms with Crippen molar-refractivity contribution < 1.29 is 110 Å². The SMILES string of the molecule is [Co+2].[Li+].[Li+].[Mn+2].[Ni+2].[O-2].[O-2].[O-2].[O-2]. The second-order valence-corrected chi connectivity index (χ2v) is 0. The first kappa shape index (κ1) is 197. The third-order valence-electron chi connectivity index (χ3n) is 0. The first-order chi connectivity index (χ1) is 0. The summed E-state index contributed by atoms with van der Waals surface area (Å²) in [5, 5.41) is 0. The van der Waals surface area contributed by atoms with E-state index in [0.717, 1.165) is 0 Å². The summed E-state index contributed by atoms with van der Waals surface area (Å²) in [6.45, 7) is 0. The molecule has 0 aromatic heterocycles. The fraction of sp³-hybridized carbons (Fsp3) is 0. The first-order valence-corrected chi connectivity index (χ1v) is 0. The molecular formula is CoLi2MnNiO4. The largest absolute Gasteiger partial charge is 2.00 e. The van der Waals surface area contributed by atoms with E-state index >= 15 is 0 Å². The molecule has 0 amide bonds. The van der Waals surface area contributed by atoms with Gasteiger partial charge in [-0.25, -0.2) is 0 Å². The summed E-state index contributed by atoms with van der Waals surface area (Å²) in [4.78, 5) is 0. The Balaban J connectivity index is 0. The fourth-order valence-corrected chi connectivity index (χ4v) is 0. The summed E-state index contributed by atoms with van der Waals surface area (Å²) in [6.07, 6.45) is 0. The van der Waals surface area contributed by atoms with Crippen molar-refractivity contribution in [2.75, 3.05) is 0 Å². The van der Waals surface area contributed by atoms with Gasteiger partial charge in [0.15, 0.2) is 0 Å². The van der Waals surface area contributed by atoms with Gasteiger partial charge in [0.1, 0.15) is 0 Å². The summed E-state index contributed by atoms with van der Waals surface area (Å²) in [5.41, 5.74) is 0. The van der Waals surface area contributed by atoms with E-state index in [1.54, 1.807) is 0 Å². The maximum Gasteiger partial charge on any atom is 2.00 e. The molecule has 0 saturated heterocycles. The van der Waals surface area contributed by atoms with Crippen LogP contribution in [0.4, 0.5) is 0 Å². The molecule has 0 N–H and O–H groups in total. The summed E-state index contributed by atoms with van der Waals surface area (Å²) in [5.74, 6) is 0. The molecule has 0 rings (SSSR count). The fourth-order valence-electron chi connectivity index (χ4n) is 0. The van der Waals surface area contributed by atoms with E-state index < -0.39 is 0 Å². The zero-order valence-electron chi connectivity index (χ0n) is 4.66. The second kappa shape index (κ2) is 148. The minimum Gasteiger partial charge on any atom is -2.00 e. The van der Waals surface area contributed by atoms with Crippen molar-refractivity contribution in [1.82, 2.24) is 0 Å². The van der Waals surface area contributed by atoms with E-state index in [9.17, 15) is 0 Å².